The lowest BCUT2D eigenvalue weighted by Crippen LogP contribution is -2.46. The second kappa shape index (κ2) is 6.00. The molecular formula is C14H18FN3O2. The molecule has 1 aliphatic heterocycles. The summed E-state index contributed by atoms with van der Waals surface area (Å²) < 4.78 is 14.1. The maximum atomic E-state index is 14.1. The van der Waals surface area contributed by atoms with Crippen molar-refractivity contribution in [2.75, 3.05) is 19.6 Å². The van der Waals surface area contributed by atoms with Gasteiger partial charge in [0.05, 0.1) is 12.1 Å². The maximum absolute atomic E-state index is 14.1. The fourth-order valence-corrected chi connectivity index (χ4v) is 2.41. The van der Waals surface area contributed by atoms with Crippen LogP contribution >= 0.6 is 0 Å². The van der Waals surface area contributed by atoms with Gasteiger partial charge in [0.2, 0.25) is 5.91 Å². The SMILES string of the molecule is Cc1cccc(C(=O)N(CC(N)=O)C2CCNC2)c1F. The number of benzene rings is 1. The summed E-state index contributed by atoms with van der Waals surface area (Å²) in [5.41, 5.74) is 5.58. The summed E-state index contributed by atoms with van der Waals surface area (Å²) in [6.45, 7) is 2.76. The molecule has 1 unspecified atom stereocenters. The lowest BCUT2D eigenvalue weighted by molar-refractivity contribution is -0.119. The second-order valence-corrected chi connectivity index (χ2v) is 4.98. The molecule has 1 aromatic carbocycles. The molecule has 1 fully saturated rings. The van der Waals surface area contributed by atoms with Gasteiger partial charge in [-0.25, -0.2) is 4.39 Å². The third-order valence-corrected chi connectivity index (χ3v) is 3.48. The monoisotopic (exact) mass is 279 g/mol. The van der Waals surface area contributed by atoms with Crippen LogP contribution < -0.4 is 11.1 Å². The highest BCUT2D eigenvalue weighted by atomic mass is 19.1. The summed E-state index contributed by atoms with van der Waals surface area (Å²) in [7, 11) is 0. The molecule has 2 amide bonds. The van der Waals surface area contributed by atoms with Gasteiger partial charge in [-0.3, -0.25) is 9.59 Å². The lowest BCUT2D eigenvalue weighted by atomic mass is 10.1. The van der Waals surface area contributed by atoms with Crippen LogP contribution in [0.1, 0.15) is 22.3 Å². The van der Waals surface area contributed by atoms with Crippen molar-refractivity contribution < 1.29 is 14.0 Å². The zero-order chi connectivity index (χ0) is 14.7. The Morgan fingerprint density at radius 3 is 2.85 bits per heavy atom. The highest BCUT2D eigenvalue weighted by Crippen LogP contribution is 2.17. The minimum absolute atomic E-state index is 0.0156. The molecule has 0 spiro atoms. The molecule has 1 heterocycles. The highest BCUT2D eigenvalue weighted by molar-refractivity contribution is 5.97. The first-order chi connectivity index (χ1) is 9.50. The van der Waals surface area contributed by atoms with E-state index >= 15 is 0 Å². The summed E-state index contributed by atoms with van der Waals surface area (Å²) in [5, 5.41) is 3.12. The molecule has 20 heavy (non-hydrogen) atoms. The predicted molar refractivity (Wildman–Crippen MR) is 72.6 cm³/mol. The molecule has 0 bridgehead atoms. The number of nitrogens with two attached hydrogens (primary N) is 1. The summed E-state index contributed by atoms with van der Waals surface area (Å²) >= 11 is 0. The average Bonchev–Trinajstić information content (AvgIpc) is 2.92. The van der Waals surface area contributed by atoms with Gasteiger partial charge in [-0.1, -0.05) is 12.1 Å². The van der Waals surface area contributed by atoms with Crippen LogP contribution in [0.25, 0.3) is 0 Å². The van der Waals surface area contributed by atoms with Crippen molar-refractivity contribution in [3.63, 3.8) is 0 Å². The standard InChI is InChI=1S/C14H18FN3O2/c1-9-3-2-4-11(13(9)15)14(20)18(8-12(16)19)10-5-6-17-7-10/h2-4,10,17H,5-8H2,1H3,(H2,16,19). The third kappa shape index (κ3) is 2.96. The fraction of sp³-hybridized carbons (Fsp3) is 0.429. The van der Waals surface area contributed by atoms with Gasteiger partial charge in [-0.2, -0.15) is 0 Å². The second-order valence-electron chi connectivity index (χ2n) is 4.98. The van der Waals surface area contributed by atoms with Gasteiger partial charge < -0.3 is 16.0 Å². The van der Waals surface area contributed by atoms with E-state index in [2.05, 4.69) is 5.32 Å². The first kappa shape index (κ1) is 14.5. The number of amides is 2. The van der Waals surface area contributed by atoms with Crippen molar-refractivity contribution >= 4 is 11.8 Å². The number of aryl methyl sites for hydroxylation is 1. The maximum Gasteiger partial charge on any atom is 0.257 e. The average molecular weight is 279 g/mol. The molecule has 0 aromatic heterocycles. The van der Waals surface area contributed by atoms with Crippen molar-refractivity contribution in [2.45, 2.75) is 19.4 Å². The molecule has 1 aliphatic rings. The minimum atomic E-state index is -0.599. The molecule has 0 saturated carbocycles. The zero-order valence-corrected chi connectivity index (χ0v) is 11.4. The van der Waals surface area contributed by atoms with E-state index in [-0.39, 0.29) is 18.2 Å². The van der Waals surface area contributed by atoms with E-state index in [0.717, 1.165) is 13.0 Å². The van der Waals surface area contributed by atoms with Crippen molar-refractivity contribution in [3.05, 3.63) is 35.1 Å². The van der Waals surface area contributed by atoms with Crippen LogP contribution in [-0.2, 0) is 4.79 Å². The van der Waals surface area contributed by atoms with E-state index in [1.807, 2.05) is 0 Å². The minimum Gasteiger partial charge on any atom is -0.368 e. The molecule has 1 aromatic rings. The lowest BCUT2D eigenvalue weighted by Gasteiger charge is -2.27. The van der Waals surface area contributed by atoms with Crippen LogP contribution in [0.15, 0.2) is 18.2 Å². The molecule has 0 radical (unpaired) electrons. The van der Waals surface area contributed by atoms with Crippen molar-refractivity contribution in [2.24, 2.45) is 5.73 Å². The molecule has 1 saturated heterocycles. The number of nitrogens with zero attached hydrogens (tertiary/aromatic N) is 1. The zero-order valence-electron chi connectivity index (χ0n) is 11.4. The number of rotatable bonds is 4. The molecular weight excluding hydrogens is 261 g/mol. The Morgan fingerprint density at radius 2 is 2.25 bits per heavy atom. The Hall–Kier alpha value is -1.95. The number of primary amides is 1. The molecule has 5 nitrogen and oxygen atoms in total. The van der Waals surface area contributed by atoms with Gasteiger partial charge >= 0.3 is 0 Å². The van der Waals surface area contributed by atoms with E-state index in [1.54, 1.807) is 19.1 Å². The number of nitrogens with one attached hydrogen (secondary N) is 1. The fourth-order valence-electron chi connectivity index (χ4n) is 2.41. The Labute approximate surface area is 116 Å². The van der Waals surface area contributed by atoms with E-state index in [0.29, 0.717) is 12.1 Å². The highest BCUT2D eigenvalue weighted by Gasteiger charge is 2.30. The van der Waals surface area contributed by atoms with Crippen LogP contribution in [0.3, 0.4) is 0 Å². The van der Waals surface area contributed by atoms with Crippen molar-refractivity contribution in [1.29, 1.82) is 0 Å². The topological polar surface area (TPSA) is 75.4 Å². The number of hydrogen-bond donors (Lipinski definition) is 2. The smallest absolute Gasteiger partial charge is 0.257 e. The molecule has 108 valence electrons. The van der Waals surface area contributed by atoms with Gasteiger partial charge in [-0.15, -0.1) is 0 Å². The largest absolute Gasteiger partial charge is 0.368 e. The van der Waals surface area contributed by atoms with Crippen LogP contribution in [0.5, 0.6) is 0 Å². The van der Waals surface area contributed by atoms with Gasteiger partial charge in [-0.05, 0) is 31.5 Å². The number of hydrogen-bond acceptors (Lipinski definition) is 3. The third-order valence-electron chi connectivity index (χ3n) is 3.48. The van der Waals surface area contributed by atoms with Crippen molar-refractivity contribution in [3.8, 4) is 0 Å². The van der Waals surface area contributed by atoms with Gasteiger partial charge in [0.15, 0.2) is 0 Å². The van der Waals surface area contributed by atoms with Gasteiger partial charge in [0, 0.05) is 12.6 Å². The first-order valence-electron chi connectivity index (χ1n) is 6.56. The Balaban J connectivity index is 2.29. The van der Waals surface area contributed by atoms with Crippen LogP contribution in [0, 0.1) is 12.7 Å². The van der Waals surface area contributed by atoms with E-state index in [9.17, 15) is 14.0 Å². The summed E-state index contributed by atoms with van der Waals surface area (Å²) in [6.07, 6.45) is 0.729. The van der Waals surface area contributed by atoms with E-state index < -0.39 is 17.6 Å². The van der Waals surface area contributed by atoms with Crippen LogP contribution in [0.4, 0.5) is 4.39 Å². The Kier molecular flexibility index (Phi) is 4.34. The van der Waals surface area contributed by atoms with E-state index in [4.69, 9.17) is 5.73 Å². The van der Waals surface area contributed by atoms with Gasteiger partial charge in [0.25, 0.3) is 5.91 Å². The van der Waals surface area contributed by atoms with Crippen LogP contribution in [0.2, 0.25) is 0 Å². The van der Waals surface area contributed by atoms with Gasteiger partial charge in [0.1, 0.15) is 5.82 Å². The molecule has 3 N–H and O–H groups in total. The molecule has 0 aliphatic carbocycles. The quantitative estimate of drug-likeness (QED) is 0.839. The predicted octanol–water partition coefficient (Wildman–Crippen LogP) is 0.424. The first-order valence-corrected chi connectivity index (χ1v) is 6.56. The number of halogens is 1. The van der Waals surface area contributed by atoms with Crippen LogP contribution in [-0.4, -0.2) is 42.4 Å². The number of carbonyl (C=O) groups excluding carboxylic acids is 2. The Bertz CT molecular complexity index is 527. The Morgan fingerprint density at radius 1 is 1.50 bits per heavy atom. The summed E-state index contributed by atoms with van der Waals surface area (Å²) in [4.78, 5) is 25.0. The van der Waals surface area contributed by atoms with Crippen molar-refractivity contribution in [1.82, 2.24) is 10.2 Å². The summed E-state index contributed by atoms with van der Waals surface area (Å²) in [6, 6.07) is 4.53. The molecule has 1 atom stereocenters. The molecule has 6 heteroatoms. The normalized spacial score (nSPS) is 18.0. The summed E-state index contributed by atoms with van der Waals surface area (Å²) in [5.74, 6) is -1.63. The van der Waals surface area contributed by atoms with E-state index in [1.165, 1.54) is 11.0 Å². The molecule has 2 rings (SSSR count). The number of carbonyl (C=O) groups is 2.